The molecule has 0 spiro atoms. The first-order valence-electron chi connectivity index (χ1n) is 8.38. The van der Waals surface area contributed by atoms with Crippen LogP contribution in [0.4, 0.5) is 5.69 Å². The number of benzene rings is 2. The van der Waals surface area contributed by atoms with E-state index in [-0.39, 0.29) is 6.10 Å². The summed E-state index contributed by atoms with van der Waals surface area (Å²) in [5.41, 5.74) is 2.17. The van der Waals surface area contributed by atoms with Gasteiger partial charge in [0.25, 0.3) is 0 Å². The number of hydrogen-bond donors (Lipinski definition) is 1. The molecule has 1 unspecified atom stereocenters. The van der Waals surface area contributed by atoms with Crippen molar-refractivity contribution in [1.82, 2.24) is 0 Å². The van der Waals surface area contributed by atoms with Crippen molar-refractivity contribution in [3.8, 4) is 11.5 Å². The zero-order valence-electron chi connectivity index (χ0n) is 14.3. The molecule has 0 saturated carbocycles. The van der Waals surface area contributed by atoms with Crippen LogP contribution < -0.4 is 14.8 Å². The van der Waals surface area contributed by atoms with E-state index in [1.165, 1.54) is 0 Å². The Bertz CT molecular complexity index is 598. The molecule has 2 rings (SSSR count). The van der Waals surface area contributed by atoms with Crippen molar-refractivity contribution in [2.45, 2.75) is 39.7 Å². The van der Waals surface area contributed by atoms with Gasteiger partial charge < -0.3 is 14.8 Å². The highest BCUT2D eigenvalue weighted by Gasteiger charge is 2.08. The molecule has 0 heterocycles. The quantitative estimate of drug-likeness (QED) is 0.657. The van der Waals surface area contributed by atoms with Gasteiger partial charge in [-0.3, -0.25) is 0 Å². The number of hydrogen-bond acceptors (Lipinski definition) is 3. The van der Waals surface area contributed by atoms with Crippen LogP contribution in [0.3, 0.4) is 0 Å². The summed E-state index contributed by atoms with van der Waals surface area (Å²) < 4.78 is 11.8. The fourth-order valence-electron chi connectivity index (χ4n) is 2.27. The molecule has 3 nitrogen and oxygen atoms in total. The summed E-state index contributed by atoms with van der Waals surface area (Å²) >= 11 is 0. The van der Waals surface area contributed by atoms with Crippen LogP contribution in [0.5, 0.6) is 11.5 Å². The van der Waals surface area contributed by atoms with Gasteiger partial charge in [0.1, 0.15) is 17.6 Å². The molecule has 0 saturated heterocycles. The molecule has 0 radical (unpaired) electrons. The number of anilines is 1. The lowest BCUT2D eigenvalue weighted by Crippen LogP contribution is -2.23. The Morgan fingerprint density at radius 1 is 1.00 bits per heavy atom. The van der Waals surface area contributed by atoms with Crippen LogP contribution in [0.1, 0.15) is 32.3 Å². The zero-order valence-corrected chi connectivity index (χ0v) is 14.3. The van der Waals surface area contributed by atoms with Gasteiger partial charge >= 0.3 is 0 Å². The first-order valence-corrected chi connectivity index (χ1v) is 8.38. The van der Waals surface area contributed by atoms with Crippen LogP contribution in [0.2, 0.25) is 0 Å². The summed E-state index contributed by atoms with van der Waals surface area (Å²) in [5.74, 6) is 1.85. The van der Waals surface area contributed by atoms with E-state index in [0.29, 0.717) is 0 Å². The fourth-order valence-corrected chi connectivity index (χ4v) is 2.27. The lowest BCUT2D eigenvalue weighted by molar-refractivity contribution is 0.233. The Kier molecular flexibility index (Phi) is 6.79. The molecule has 2 aromatic rings. The highest BCUT2D eigenvalue weighted by Crippen LogP contribution is 2.24. The predicted octanol–water partition coefficient (Wildman–Crippen LogP) is 5.05. The number of nitrogens with one attached hydrogen (secondary N) is 1. The van der Waals surface area contributed by atoms with Crippen molar-refractivity contribution in [3.05, 3.63) is 54.1 Å². The molecule has 0 aromatic heterocycles. The van der Waals surface area contributed by atoms with Crippen molar-refractivity contribution in [2.24, 2.45) is 0 Å². The maximum atomic E-state index is 6.00. The molecular weight excluding hydrogens is 286 g/mol. The summed E-state index contributed by atoms with van der Waals surface area (Å²) in [4.78, 5) is 0. The standard InChI is InChI=1S/C20H27NO2/c1-4-5-14-22-20-13-9-7-11-18(20)21-15-17(3)23-19-12-8-6-10-16(19)2/h6-13,17,21H,4-5,14-15H2,1-3H3. The Balaban J connectivity index is 1.89. The molecule has 0 amide bonds. The average molecular weight is 313 g/mol. The van der Waals surface area contributed by atoms with E-state index < -0.39 is 0 Å². The highest BCUT2D eigenvalue weighted by atomic mass is 16.5. The van der Waals surface area contributed by atoms with Gasteiger partial charge in [0.2, 0.25) is 0 Å². The number of aryl methyl sites for hydroxylation is 1. The van der Waals surface area contributed by atoms with Gasteiger partial charge in [0.05, 0.1) is 18.8 Å². The Morgan fingerprint density at radius 2 is 1.70 bits per heavy atom. The van der Waals surface area contributed by atoms with Crippen LogP contribution in [0, 0.1) is 6.92 Å². The van der Waals surface area contributed by atoms with Crippen LogP contribution in [0.15, 0.2) is 48.5 Å². The van der Waals surface area contributed by atoms with Crippen molar-refractivity contribution in [3.63, 3.8) is 0 Å². The highest BCUT2D eigenvalue weighted by molar-refractivity contribution is 5.56. The van der Waals surface area contributed by atoms with Crippen LogP contribution in [-0.4, -0.2) is 19.3 Å². The SMILES string of the molecule is CCCCOc1ccccc1NCC(C)Oc1ccccc1C. The number of ether oxygens (including phenoxy) is 2. The fraction of sp³-hybridized carbons (Fsp3) is 0.400. The van der Waals surface area contributed by atoms with Crippen molar-refractivity contribution < 1.29 is 9.47 Å². The lowest BCUT2D eigenvalue weighted by atomic mass is 10.2. The van der Waals surface area contributed by atoms with E-state index in [4.69, 9.17) is 9.47 Å². The van der Waals surface area contributed by atoms with Gasteiger partial charge in [0.15, 0.2) is 0 Å². The normalized spacial score (nSPS) is 11.8. The largest absolute Gasteiger partial charge is 0.491 e. The van der Waals surface area contributed by atoms with E-state index in [0.717, 1.165) is 48.7 Å². The predicted molar refractivity (Wildman–Crippen MR) is 96.6 cm³/mol. The second-order valence-corrected chi connectivity index (χ2v) is 5.77. The number of unbranched alkanes of at least 4 members (excludes halogenated alkanes) is 1. The third-order valence-corrected chi connectivity index (χ3v) is 3.64. The van der Waals surface area contributed by atoms with Crippen LogP contribution in [0.25, 0.3) is 0 Å². The average Bonchev–Trinajstić information content (AvgIpc) is 2.56. The van der Waals surface area contributed by atoms with E-state index >= 15 is 0 Å². The van der Waals surface area contributed by atoms with Gasteiger partial charge in [-0.2, -0.15) is 0 Å². The lowest BCUT2D eigenvalue weighted by Gasteiger charge is -2.19. The Morgan fingerprint density at radius 3 is 2.43 bits per heavy atom. The summed E-state index contributed by atoms with van der Waals surface area (Å²) in [6.45, 7) is 7.78. The zero-order chi connectivity index (χ0) is 16.5. The summed E-state index contributed by atoms with van der Waals surface area (Å²) in [5, 5.41) is 3.43. The van der Waals surface area contributed by atoms with E-state index in [1.807, 2.05) is 42.5 Å². The van der Waals surface area contributed by atoms with Crippen LogP contribution in [-0.2, 0) is 0 Å². The number of para-hydroxylation sites is 3. The van der Waals surface area contributed by atoms with Crippen LogP contribution >= 0.6 is 0 Å². The summed E-state index contributed by atoms with van der Waals surface area (Å²) in [6.07, 6.45) is 2.28. The minimum atomic E-state index is 0.0693. The maximum absolute atomic E-state index is 6.00. The topological polar surface area (TPSA) is 30.5 Å². The third kappa shape index (κ3) is 5.51. The van der Waals surface area contributed by atoms with Crippen molar-refractivity contribution in [2.75, 3.05) is 18.5 Å². The minimum absolute atomic E-state index is 0.0693. The minimum Gasteiger partial charge on any atom is -0.491 e. The van der Waals surface area contributed by atoms with Gasteiger partial charge in [-0.1, -0.05) is 43.7 Å². The molecular formula is C20H27NO2. The smallest absolute Gasteiger partial charge is 0.142 e. The second-order valence-electron chi connectivity index (χ2n) is 5.77. The Labute approximate surface area is 139 Å². The molecule has 23 heavy (non-hydrogen) atoms. The van der Waals surface area contributed by atoms with E-state index in [1.54, 1.807) is 0 Å². The molecule has 1 atom stereocenters. The number of rotatable bonds is 9. The maximum Gasteiger partial charge on any atom is 0.142 e. The molecule has 0 fully saturated rings. The second kappa shape index (κ2) is 9.09. The summed E-state index contributed by atoms with van der Waals surface area (Å²) in [6, 6.07) is 16.2. The van der Waals surface area contributed by atoms with Gasteiger partial charge in [-0.05, 0) is 44.0 Å². The van der Waals surface area contributed by atoms with Crippen molar-refractivity contribution in [1.29, 1.82) is 0 Å². The third-order valence-electron chi connectivity index (χ3n) is 3.64. The first kappa shape index (κ1) is 17.2. The van der Waals surface area contributed by atoms with Crippen molar-refractivity contribution >= 4 is 5.69 Å². The van der Waals surface area contributed by atoms with Gasteiger partial charge in [0, 0.05) is 0 Å². The van der Waals surface area contributed by atoms with E-state index in [2.05, 4.69) is 32.2 Å². The van der Waals surface area contributed by atoms with E-state index in [9.17, 15) is 0 Å². The molecule has 124 valence electrons. The molecule has 1 N–H and O–H groups in total. The molecule has 2 aromatic carbocycles. The molecule has 0 aliphatic carbocycles. The summed E-state index contributed by atoms with van der Waals surface area (Å²) in [7, 11) is 0. The van der Waals surface area contributed by atoms with Gasteiger partial charge in [-0.25, -0.2) is 0 Å². The first-order chi connectivity index (χ1) is 11.2. The Hall–Kier alpha value is -2.16. The molecule has 0 aliphatic heterocycles. The monoisotopic (exact) mass is 313 g/mol. The van der Waals surface area contributed by atoms with Gasteiger partial charge in [-0.15, -0.1) is 0 Å². The molecule has 0 bridgehead atoms. The molecule has 3 heteroatoms. The molecule has 0 aliphatic rings.